The summed E-state index contributed by atoms with van der Waals surface area (Å²) in [5.74, 6) is -0.421. The molecule has 0 aromatic heterocycles. The third-order valence-corrected chi connectivity index (χ3v) is 5.57. The molecule has 0 aliphatic carbocycles. The van der Waals surface area contributed by atoms with Gasteiger partial charge in [-0.25, -0.2) is 8.42 Å². The van der Waals surface area contributed by atoms with Gasteiger partial charge in [0.05, 0.1) is 10.6 Å². The van der Waals surface area contributed by atoms with Gasteiger partial charge in [-0.05, 0) is 63.2 Å². The summed E-state index contributed by atoms with van der Waals surface area (Å²) in [6, 6.07) is 12.1. The summed E-state index contributed by atoms with van der Waals surface area (Å²) in [5, 5.41) is 3.56. The Morgan fingerprint density at radius 1 is 1.04 bits per heavy atom. The number of carbonyl (C=O) groups excluding carboxylic acids is 1. The van der Waals surface area contributed by atoms with Gasteiger partial charge in [0.25, 0.3) is 10.0 Å². The quantitative estimate of drug-likeness (QED) is 0.800. The van der Waals surface area contributed by atoms with Gasteiger partial charge in [-0.1, -0.05) is 29.3 Å². The standard InChI is InChI=1S/C18H20Cl2N2O3S/c1-18(2,3)21-17(23)12-22(15-6-4-5-14(20)11-15)26(24,25)16-9-7-13(19)8-10-16/h4-11H,12H2,1-3H3,(H,21,23). The summed E-state index contributed by atoms with van der Waals surface area (Å²) < 4.78 is 27.3. The van der Waals surface area contributed by atoms with Crippen molar-refractivity contribution in [3.63, 3.8) is 0 Å². The number of amides is 1. The number of carbonyl (C=O) groups is 1. The van der Waals surface area contributed by atoms with E-state index in [0.717, 1.165) is 4.31 Å². The number of hydrogen-bond donors (Lipinski definition) is 1. The maximum Gasteiger partial charge on any atom is 0.264 e. The first-order chi connectivity index (χ1) is 12.0. The minimum absolute atomic E-state index is 0.0328. The van der Waals surface area contributed by atoms with Gasteiger partial charge >= 0.3 is 0 Å². The van der Waals surface area contributed by atoms with Crippen LogP contribution in [0.15, 0.2) is 53.4 Å². The Labute approximate surface area is 164 Å². The number of benzene rings is 2. The Balaban J connectivity index is 2.46. The summed E-state index contributed by atoms with van der Waals surface area (Å²) in [5.41, 5.74) is -0.183. The van der Waals surface area contributed by atoms with E-state index in [-0.39, 0.29) is 11.4 Å². The zero-order chi connectivity index (χ0) is 19.5. The molecule has 1 N–H and O–H groups in total. The van der Waals surface area contributed by atoms with Crippen molar-refractivity contribution in [3.8, 4) is 0 Å². The molecule has 0 heterocycles. The van der Waals surface area contributed by atoms with Crippen molar-refractivity contribution in [1.82, 2.24) is 5.32 Å². The van der Waals surface area contributed by atoms with Crippen LogP contribution < -0.4 is 9.62 Å². The van der Waals surface area contributed by atoms with Crippen LogP contribution in [0.2, 0.25) is 10.0 Å². The Morgan fingerprint density at radius 2 is 1.65 bits per heavy atom. The highest BCUT2D eigenvalue weighted by Gasteiger charge is 2.28. The lowest BCUT2D eigenvalue weighted by atomic mass is 10.1. The van der Waals surface area contributed by atoms with Crippen molar-refractivity contribution in [3.05, 3.63) is 58.6 Å². The fraction of sp³-hybridized carbons (Fsp3) is 0.278. The maximum absolute atomic E-state index is 13.1. The van der Waals surface area contributed by atoms with Crippen LogP contribution in [0.5, 0.6) is 0 Å². The van der Waals surface area contributed by atoms with Crippen molar-refractivity contribution < 1.29 is 13.2 Å². The minimum Gasteiger partial charge on any atom is -0.350 e. The largest absolute Gasteiger partial charge is 0.350 e. The van der Waals surface area contributed by atoms with Crippen LogP contribution >= 0.6 is 23.2 Å². The summed E-state index contributed by atoms with van der Waals surface area (Å²) >= 11 is 11.9. The number of rotatable bonds is 5. The topological polar surface area (TPSA) is 66.5 Å². The summed E-state index contributed by atoms with van der Waals surface area (Å²) in [6.07, 6.45) is 0. The van der Waals surface area contributed by atoms with Crippen molar-refractivity contribution in [2.24, 2.45) is 0 Å². The average Bonchev–Trinajstić information content (AvgIpc) is 2.51. The van der Waals surface area contributed by atoms with E-state index >= 15 is 0 Å². The Morgan fingerprint density at radius 3 is 2.19 bits per heavy atom. The van der Waals surface area contributed by atoms with E-state index in [2.05, 4.69) is 5.32 Å². The number of nitrogens with zero attached hydrogens (tertiary/aromatic N) is 1. The average molecular weight is 415 g/mol. The van der Waals surface area contributed by atoms with E-state index in [1.54, 1.807) is 18.2 Å². The fourth-order valence-electron chi connectivity index (χ4n) is 2.27. The van der Waals surface area contributed by atoms with Crippen LogP contribution in [-0.2, 0) is 14.8 Å². The fourth-order valence-corrected chi connectivity index (χ4v) is 3.99. The molecule has 0 aliphatic heterocycles. The third-order valence-electron chi connectivity index (χ3n) is 3.30. The molecule has 0 unspecified atom stereocenters. The number of nitrogens with one attached hydrogen (secondary N) is 1. The second kappa shape index (κ2) is 7.86. The molecule has 2 aromatic carbocycles. The lowest BCUT2D eigenvalue weighted by Crippen LogP contribution is -2.47. The number of halogens is 2. The zero-order valence-corrected chi connectivity index (χ0v) is 17.0. The molecule has 2 aromatic rings. The zero-order valence-electron chi connectivity index (χ0n) is 14.7. The first-order valence-electron chi connectivity index (χ1n) is 7.84. The van der Waals surface area contributed by atoms with Crippen molar-refractivity contribution >= 4 is 44.8 Å². The van der Waals surface area contributed by atoms with Gasteiger partial charge in [0, 0.05) is 15.6 Å². The molecule has 2 rings (SSSR count). The Bertz CT molecular complexity index is 891. The molecule has 26 heavy (non-hydrogen) atoms. The Hall–Kier alpha value is -1.76. The molecule has 0 spiro atoms. The van der Waals surface area contributed by atoms with Gasteiger partial charge in [0.15, 0.2) is 0 Å². The molecular weight excluding hydrogens is 395 g/mol. The van der Waals surface area contributed by atoms with Crippen molar-refractivity contribution in [1.29, 1.82) is 0 Å². The second-order valence-corrected chi connectivity index (χ2v) is 9.48. The van der Waals surface area contributed by atoms with Crippen LogP contribution in [-0.4, -0.2) is 26.4 Å². The molecule has 8 heteroatoms. The SMILES string of the molecule is CC(C)(C)NC(=O)CN(c1cccc(Cl)c1)S(=O)(=O)c1ccc(Cl)cc1. The Kier molecular flexibility index (Phi) is 6.21. The van der Waals surface area contributed by atoms with Crippen LogP contribution in [0.3, 0.4) is 0 Å². The lowest BCUT2D eigenvalue weighted by Gasteiger charge is -2.27. The molecule has 5 nitrogen and oxygen atoms in total. The summed E-state index contributed by atoms with van der Waals surface area (Å²) in [4.78, 5) is 12.4. The molecule has 0 saturated carbocycles. The molecule has 0 saturated heterocycles. The van der Waals surface area contributed by atoms with E-state index in [1.165, 1.54) is 30.3 Å². The normalized spacial score (nSPS) is 11.9. The van der Waals surface area contributed by atoms with Crippen LogP contribution in [0, 0.1) is 0 Å². The number of hydrogen-bond acceptors (Lipinski definition) is 3. The molecule has 1 amide bonds. The highest BCUT2D eigenvalue weighted by atomic mass is 35.5. The van der Waals surface area contributed by atoms with E-state index < -0.39 is 21.5 Å². The van der Waals surface area contributed by atoms with E-state index in [4.69, 9.17) is 23.2 Å². The predicted molar refractivity (Wildman–Crippen MR) is 105 cm³/mol. The summed E-state index contributed by atoms with van der Waals surface area (Å²) in [7, 11) is -3.98. The highest BCUT2D eigenvalue weighted by molar-refractivity contribution is 7.92. The van der Waals surface area contributed by atoms with Gasteiger partial charge < -0.3 is 5.32 Å². The highest BCUT2D eigenvalue weighted by Crippen LogP contribution is 2.26. The molecule has 0 fully saturated rings. The maximum atomic E-state index is 13.1. The van der Waals surface area contributed by atoms with Crippen molar-refractivity contribution in [2.75, 3.05) is 10.8 Å². The van der Waals surface area contributed by atoms with E-state index in [0.29, 0.717) is 15.7 Å². The smallest absolute Gasteiger partial charge is 0.264 e. The minimum atomic E-state index is -3.98. The monoisotopic (exact) mass is 414 g/mol. The van der Waals surface area contributed by atoms with Gasteiger partial charge in [0.1, 0.15) is 6.54 Å². The molecule has 140 valence electrons. The predicted octanol–water partition coefficient (Wildman–Crippen LogP) is 4.10. The van der Waals surface area contributed by atoms with E-state index in [9.17, 15) is 13.2 Å². The van der Waals surface area contributed by atoms with Crippen molar-refractivity contribution in [2.45, 2.75) is 31.2 Å². The van der Waals surface area contributed by atoms with Crippen LogP contribution in [0.1, 0.15) is 20.8 Å². The first kappa shape index (κ1) is 20.6. The van der Waals surface area contributed by atoms with Crippen LogP contribution in [0.25, 0.3) is 0 Å². The van der Waals surface area contributed by atoms with Gasteiger partial charge in [-0.2, -0.15) is 0 Å². The van der Waals surface area contributed by atoms with Crippen LogP contribution in [0.4, 0.5) is 5.69 Å². The molecule has 0 atom stereocenters. The molecular formula is C18H20Cl2N2O3S. The lowest BCUT2D eigenvalue weighted by molar-refractivity contribution is -0.121. The number of anilines is 1. The van der Waals surface area contributed by atoms with E-state index in [1.807, 2.05) is 20.8 Å². The summed E-state index contributed by atoms with van der Waals surface area (Å²) in [6.45, 7) is 5.09. The first-order valence-corrected chi connectivity index (χ1v) is 10.0. The van der Waals surface area contributed by atoms with Gasteiger partial charge in [0.2, 0.25) is 5.91 Å². The molecule has 0 radical (unpaired) electrons. The number of sulfonamides is 1. The van der Waals surface area contributed by atoms with Gasteiger partial charge in [-0.3, -0.25) is 9.10 Å². The van der Waals surface area contributed by atoms with Gasteiger partial charge in [-0.15, -0.1) is 0 Å². The third kappa shape index (κ3) is 5.37. The second-order valence-electron chi connectivity index (χ2n) is 6.74. The molecule has 0 bridgehead atoms. The molecule has 0 aliphatic rings.